The van der Waals surface area contributed by atoms with Crippen LogP contribution >= 0.6 is 0 Å². The number of aromatic carboxylic acids is 1. The fourth-order valence-electron chi connectivity index (χ4n) is 3.40. The van der Waals surface area contributed by atoms with Gasteiger partial charge in [0.1, 0.15) is 0 Å². The van der Waals surface area contributed by atoms with Crippen molar-refractivity contribution in [2.75, 3.05) is 27.2 Å². The van der Waals surface area contributed by atoms with Gasteiger partial charge in [0.05, 0.1) is 16.7 Å². The maximum absolute atomic E-state index is 13.0. The van der Waals surface area contributed by atoms with Gasteiger partial charge in [0.15, 0.2) is 0 Å². The van der Waals surface area contributed by atoms with Crippen LogP contribution in [0.3, 0.4) is 0 Å². The van der Waals surface area contributed by atoms with Gasteiger partial charge >= 0.3 is 5.97 Å². The van der Waals surface area contributed by atoms with E-state index < -0.39 is 5.97 Å². The summed E-state index contributed by atoms with van der Waals surface area (Å²) in [4.78, 5) is 43.3. The summed E-state index contributed by atoms with van der Waals surface area (Å²) in [7, 11) is 3.76. The number of nitrogens with zero attached hydrogens (tertiary/aromatic N) is 2. The van der Waals surface area contributed by atoms with Gasteiger partial charge in [-0.05, 0) is 44.4 Å². The number of carbonyl (C=O) groups is 3. The van der Waals surface area contributed by atoms with Crippen molar-refractivity contribution in [3.05, 3.63) is 47.0 Å². The monoisotopic (exact) mass is 351 g/mol. The lowest BCUT2D eigenvalue weighted by atomic mass is 10.0. The predicted molar refractivity (Wildman–Crippen MR) is 96.7 cm³/mol. The highest BCUT2D eigenvalue weighted by Crippen LogP contribution is 2.35. The highest BCUT2D eigenvalue weighted by molar-refractivity contribution is 6.30. The number of aromatic nitrogens is 1. The standard InChI is InChI=1S/C19H17N3O4/c1-21(2)7-8-22-17(23)11-4-6-14-15(16(11)18(22)24)12-9-10(19(25)26)3-5-13(12)20-14/h3-6,9,20H,7-8H2,1-2H3,(H,25,26). The molecule has 4 rings (SSSR count). The number of benzene rings is 2. The Labute approximate surface area is 148 Å². The molecule has 132 valence electrons. The lowest BCUT2D eigenvalue weighted by Gasteiger charge is -2.16. The van der Waals surface area contributed by atoms with Crippen molar-refractivity contribution in [3.63, 3.8) is 0 Å². The van der Waals surface area contributed by atoms with E-state index in [9.17, 15) is 19.5 Å². The molecule has 0 bridgehead atoms. The summed E-state index contributed by atoms with van der Waals surface area (Å²) in [5, 5.41) is 10.5. The van der Waals surface area contributed by atoms with Crippen molar-refractivity contribution in [1.82, 2.24) is 14.8 Å². The number of likely N-dealkylation sites (N-methyl/N-ethyl adjacent to an activating group) is 1. The van der Waals surface area contributed by atoms with Gasteiger partial charge in [-0.2, -0.15) is 0 Å². The second-order valence-electron chi connectivity index (χ2n) is 6.67. The molecule has 2 N–H and O–H groups in total. The Balaban J connectivity index is 1.93. The van der Waals surface area contributed by atoms with Gasteiger partial charge in [0, 0.05) is 34.9 Å². The van der Waals surface area contributed by atoms with Crippen molar-refractivity contribution in [2.24, 2.45) is 0 Å². The van der Waals surface area contributed by atoms with E-state index in [-0.39, 0.29) is 17.4 Å². The number of fused-ring (bicyclic) bond motifs is 5. The lowest BCUT2D eigenvalue weighted by molar-refractivity contribution is 0.0642. The number of nitrogens with one attached hydrogen (secondary N) is 1. The van der Waals surface area contributed by atoms with E-state index in [0.717, 1.165) is 5.52 Å². The summed E-state index contributed by atoms with van der Waals surface area (Å²) in [5.41, 5.74) is 2.28. The Kier molecular flexibility index (Phi) is 3.55. The van der Waals surface area contributed by atoms with Crippen LogP contribution in [0, 0.1) is 0 Å². The highest BCUT2D eigenvalue weighted by atomic mass is 16.4. The summed E-state index contributed by atoms with van der Waals surface area (Å²) < 4.78 is 0. The molecule has 0 radical (unpaired) electrons. The third-order valence-electron chi connectivity index (χ3n) is 4.72. The molecule has 7 nitrogen and oxygen atoms in total. The molecule has 26 heavy (non-hydrogen) atoms. The van der Waals surface area contributed by atoms with Crippen molar-refractivity contribution in [3.8, 4) is 0 Å². The van der Waals surface area contributed by atoms with E-state index in [1.165, 1.54) is 17.0 Å². The highest BCUT2D eigenvalue weighted by Gasteiger charge is 2.37. The zero-order valence-electron chi connectivity index (χ0n) is 14.4. The zero-order chi connectivity index (χ0) is 18.6. The van der Waals surface area contributed by atoms with Crippen LogP contribution in [0.25, 0.3) is 21.8 Å². The van der Waals surface area contributed by atoms with E-state index in [0.29, 0.717) is 40.5 Å². The molecule has 2 amide bonds. The molecule has 0 atom stereocenters. The molecule has 0 spiro atoms. The smallest absolute Gasteiger partial charge is 0.335 e. The minimum absolute atomic E-state index is 0.136. The fourth-order valence-corrected chi connectivity index (χ4v) is 3.40. The van der Waals surface area contributed by atoms with E-state index in [1.807, 2.05) is 19.0 Å². The number of H-pyrrole nitrogens is 1. The van der Waals surface area contributed by atoms with Crippen LogP contribution in [0.4, 0.5) is 0 Å². The summed E-state index contributed by atoms with van der Waals surface area (Å²) in [5.74, 6) is -1.68. The van der Waals surface area contributed by atoms with Gasteiger partial charge in [0.2, 0.25) is 0 Å². The number of amides is 2. The van der Waals surface area contributed by atoms with Gasteiger partial charge in [-0.1, -0.05) is 0 Å². The summed E-state index contributed by atoms with van der Waals surface area (Å²) in [6.07, 6.45) is 0. The largest absolute Gasteiger partial charge is 0.478 e. The first-order valence-electron chi connectivity index (χ1n) is 8.21. The summed E-state index contributed by atoms with van der Waals surface area (Å²) >= 11 is 0. The van der Waals surface area contributed by atoms with E-state index in [4.69, 9.17) is 0 Å². The summed E-state index contributed by atoms with van der Waals surface area (Å²) in [6.45, 7) is 0.884. The number of aromatic amines is 1. The molecule has 1 aliphatic heterocycles. The average Bonchev–Trinajstić information content (AvgIpc) is 3.08. The van der Waals surface area contributed by atoms with Gasteiger partial charge in [0.25, 0.3) is 11.8 Å². The molecule has 2 heterocycles. The minimum Gasteiger partial charge on any atom is -0.478 e. The Morgan fingerprint density at radius 2 is 1.85 bits per heavy atom. The number of carboxylic acid groups (broad SMARTS) is 1. The Bertz CT molecular complexity index is 1100. The number of hydrogen-bond acceptors (Lipinski definition) is 4. The number of carboxylic acids is 1. The molecule has 1 aliphatic rings. The molecule has 7 heteroatoms. The molecule has 0 saturated heterocycles. The van der Waals surface area contributed by atoms with Gasteiger partial charge < -0.3 is 15.0 Å². The molecular weight excluding hydrogens is 334 g/mol. The SMILES string of the molecule is CN(C)CCN1C(=O)c2ccc3[nH]c4ccc(C(=O)O)cc4c3c2C1=O. The van der Waals surface area contributed by atoms with E-state index >= 15 is 0 Å². The van der Waals surface area contributed by atoms with Crippen LogP contribution in [0.15, 0.2) is 30.3 Å². The number of rotatable bonds is 4. The van der Waals surface area contributed by atoms with Gasteiger partial charge in [-0.25, -0.2) is 4.79 Å². The quantitative estimate of drug-likeness (QED) is 0.703. The second kappa shape index (κ2) is 5.67. The Morgan fingerprint density at radius 3 is 2.54 bits per heavy atom. The Morgan fingerprint density at radius 1 is 1.12 bits per heavy atom. The van der Waals surface area contributed by atoms with Crippen molar-refractivity contribution in [2.45, 2.75) is 0 Å². The van der Waals surface area contributed by atoms with Crippen LogP contribution in [0.1, 0.15) is 31.1 Å². The number of carbonyl (C=O) groups excluding carboxylic acids is 2. The van der Waals surface area contributed by atoms with Crippen LogP contribution < -0.4 is 0 Å². The lowest BCUT2D eigenvalue weighted by Crippen LogP contribution is -2.35. The van der Waals surface area contributed by atoms with Gasteiger partial charge in [-0.3, -0.25) is 14.5 Å². The third kappa shape index (κ3) is 2.28. The maximum Gasteiger partial charge on any atom is 0.335 e. The Hall–Kier alpha value is -3.19. The second-order valence-corrected chi connectivity index (χ2v) is 6.67. The van der Waals surface area contributed by atoms with Gasteiger partial charge in [-0.15, -0.1) is 0 Å². The van der Waals surface area contributed by atoms with Crippen molar-refractivity contribution >= 4 is 39.6 Å². The van der Waals surface area contributed by atoms with Crippen LogP contribution in [-0.2, 0) is 0 Å². The first-order chi connectivity index (χ1) is 12.4. The van der Waals surface area contributed by atoms with Crippen LogP contribution in [0.2, 0.25) is 0 Å². The summed E-state index contributed by atoms with van der Waals surface area (Å²) in [6, 6.07) is 8.14. The third-order valence-corrected chi connectivity index (χ3v) is 4.72. The molecule has 0 fully saturated rings. The predicted octanol–water partition coefficient (Wildman–Crippen LogP) is 2.18. The average molecular weight is 351 g/mol. The number of hydrogen-bond donors (Lipinski definition) is 2. The maximum atomic E-state index is 13.0. The molecule has 0 saturated carbocycles. The number of imide groups is 1. The van der Waals surface area contributed by atoms with Crippen LogP contribution in [-0.4, -0.2) is 64.9 Å². The molecule has 2 aromatic carbocycles. The van der Waals surface area contributed by atoms with Crippen molar-refractivity contribution < 1.29 is 19.5 Å². The molecule has 1 aromatic heterocycles. The molecule has 0 aliphatic carbocycles. The minimum atomic E-state index is -1.04. The topological polar surface area (TPSA) is 93.7 Å². The van der Waals surface area contributed by atoms with E-state index in [2.05, 4.69) is 4.98 Å². The van der Waals surface area contributed by atoms with Crippen LogP contribution in [0.5, 0.6) is 0 Å². The normalized spacial score (nSPS) is 14.0. The van der Waals surface area contributed by atoms with E-state index in [1.54, 1.807) is 18.2 Å². The molecule has 0 unspecified atom stereocenters. The molecular formula is C19H17N3O4. The first kappa shape index (κ1) is 16.3. The molecule has 3 aromatic rings. The van der Waals surface area contributed by atoms with Crippen molar-refractivity contribution in [1.29, 1.82) is 0 Å². The zero-order valence-corrected chi connectivity index (χ0v) is 14.4. The fraction of sp³-hybridized carbons (Fsp3) is 0.211. The first-order valence-corrected chi connectivity index (χ1v) is 8.21.